The second-order valence-corrected chi connectivity index (χ2v) is 6.05. The highest BCUT2D eigenvalue weighted by molar-refractivity contribution is 6.29. The summed E-state index contributed by atoms with van der Waals surface area (Å²) < 4.78 is 1.90. The van der Waals surface area contributed by atoms with Crippen molar-refractivity contribution in [3.05, 3.63) is 35.0 Å². The van der Waals surface area contributed by atoms with Crippen LogP contribution in [-0.4, -0.2) is 30.9 Å². The molecule has 116 valence electrons. The molecule has 2 aromatic heterocycles. The minimum Gasteiger partial charge on any atom is -0.465 e. The minimum absolute atomic E-state index is 0.0810. The van der Waals surface area contributed by atoms with Crippen LogP contribution < -0.4 is 5.32 Å². The number of hydrogen-bond acceptors (Lipinski definition) is 4. The Morgan fingerprint density at radius 1 is 1.50 bits per heavy atom. The topological polar surface area (TPSA) is 92.9 Å². The van der Waals surface area contributed by atoms with Gasteiger partial charge in [0.2, 0.25) is 0 Å². The molecule has 1 amide bonds. The number of carboxylic acid groups (broad SMARTS) is 1. The van der Waals surface area contributed by atoms with Gasteiger partial charge in [-0.25, -0.2) is 9.78 Å². The van der Waals surface area contributed by atoms with E-state index < -0.39 is 6.09 Å². The Balaban J connectivity index is 1.94. The van der Waals surface area contributed by atoms with Crippen LogP contribution in [0.1, 0.15) is 30.7 Å². The molecule has 0 unspecified atom stereocenters. The van der Waals surface area contributed by atoms with Crippen LogP contribution in [0.4, 0.5) is 10.6 Å². The van der Waals surface area contributed by atoms with Crippen LogP contribution in [0.15, 0.2) is 18.5 Å². The van der Waals surface area contributed by atoms with Crippen LogP contribution in [0.5, 0.6) is 0 Å². The zero-order valence-corrected chi connectivity index (χ0v) is 12.8. The first kappa shape index (κ1) is 14.8. The number of aromatic nitrogens is 4. The first-order chi connectivity index (χ1) is 10.5. The molecule has 1 aliphatic carbocycles. The Morgan fingerprint density at radius 3 is 2.82 bits per heavy atom. The van der Waals surface area contributed by atoms with Crippen LogP contribution in [0.25, 0.3) is 0 Å². The van der Waals surface area contributed by atoms with E-state index in [4.69, 9.17) is 16.7 Å². The van der Waals surface area contributed by atoms with Gasteiger partial charge in [0.25, 0.3) is 0 Å². The summed E-state index contributed by atoms with van der Waals surface area (Å²) in [5, 5.41) is 19.5. The summed E-state index contributed by atoms with van der Waals surface area (Å²) in [6.45, 7) is 0. The number of aryl methyl sites for hydroxylation is 1. The Bertz CT molecular complexity index is 711. The molecule has 0 aliphatic heterocycles. The number of halogens is 1. The van der Waals surface area contributed by atoms with Crippen molar-refractivity contribution in [2.24, 2.45) is 7.05 Å². The third-order valence-electron chi connectivity index (χ3n) is 4.25. The number of nitrogens with one attached hydrogen (secondary N) is 1. The molecule has 0 radical (unpaired) electrons. The number of rotatable bonds is 4. The summed E-state index contributed by atoms with van der Waals surface area (Å²) in [5.41, 5.74) is 0.910. The van der Waals surface area contributed by atoms with Crippen molar-refractivity contribution in [3.8, 4) is 0 Å². The standard InChI is InChI=1S/C14H16ClN5O2/c1-20-8-16-19-12(20)7-14(3-2-4-14)9-5-10(15)17-11(6-9)18-13(21)22/h5-6,8H,2-4,7H2,1H3,(H,17,18)(H,21,22). The molecular weight excluding hydrogens is 306 g/mol. The molecule has 2 N–H and O–H groups in total. The van der Waals surface area contributed by atoms with E-state index in [0.717, 1.165) is 37.1 Å². The van der Waals surface area contributed by atoms with Gasteiger partial charge in [-0.15, -0.1) is 10.2 Å². The third-order valence-corrected chi connectivity index (χ3v) is 4.45. The fraction of sp³-hybridized carbons (Fsp3) is 0.429. The van der Waals surface area contributed by atoms with E-state index in [0.29, 0.717) is 0 Å². The monoisotopic (exact) mass is 321 g/mol. The normalized spacial score (nSPS) is 16.1. The van der Waals surface area contributed by atoms with E-state index in [2.05, 4.69) is 20.5 Å². The van der Waals surface area contributed by atoms with Gasteiger partial charge < -0.3 is 9.67 Å². The Kier molecular flexibility index (Phi) is 3.74. The fourth-order valence-corrected chi connectivity index (χ4v) is 3.13. The predicted molar refractivity (Wildman–Crippen MR) is 81.1 cm³/mol. The molecular formula is C14H16ClN5O2. The van der Waals surface area contributed by atoms with Crippen LogP contribution in [-0.2, 0) is 18.9 Å². The third kappa shape index (κ3) is 2.76. The van der Waals surface area contributed by atoms with Crippen LogP contribution in [0, 0.1) is 0 Å². The van der Waals surface area contributed by atoms with E-state index in [1.165, 1.54) is 0 Å². The summed E-state index contributed by atoms with van der Waals surface area (Å²) in [5.74, 6) is 1.15. The van der Waals surface area contributed by atoms with Crippen molar-refractivity contribution in [3.63, 3.8) is 0 Å². The van der Waals surface area contributed by atoms with Crippen LogP contribution in [0.2, 0.25) is 5.15 Å². The maximum absolute atomic E-state index is 10.8. The van der Waals surface area contributed by atoms with Crippen molar-refractivity contribution in [2.75, 3.05) is 5.32 Å². The average molecular weight is 322 g/mol. The van der Waals surface area contributed by atoms with Gasteiger partial charge in [0.1, 0.15) is 23.1 Å². The van der Waals surface area contributed by atoms with Crippen LogP contribution in [0.3, 0.4) is 0 Å². The number of carbonyl (C=O) groups is 1. The maximum Gasteiger partial charge on any atom is 0.410 e. The highest BCUT2D eigenvalue weighted by Gasteiger charge is 2.40. The maximum atomic E-state index is 10.8. The molecule has 7 nitrogen and oxygen atoms in total. The lowest BCUT2D eigenvalue weighted by Gasteiger charge is -2.42. The van der Waals surface area contributed by atoms with E-state index in [1.807, 2.05) is 17.7 Å². The summed E-state index contributed by atoms with van der Waals surface area (Å²) >= 11 is 6.06. The second kappa shape index (κ2) is 5.57. The van der Waals surface area contributed by atoms with Gasteiger partial charge in [0.05, 0.1) is 0 Å². The lowest BCUT2D eigenvalue weighted by Crippen LogP contribution is -2.37. The molecule has 8 heteroatoms. The molecule has 1 saturated carbocycles. The molecule has 0 aromatic carbocycles. The molecule has 1 aliphatic rings. The summed E-state index contributed by atoms with van der Waals surface area (Å²) in [6, 6.07) is 3.57. The Hall–Kier alpha value is -2.15. The number of pyridine rings is 1. The van der Waals surface area contributed by atoms with Crippen molar-refractivity contribution < 1.29 is 9.90 Å². The smallest absolute Gasteiger partial charge is 0.410 e. The Labute approximate surface area is 132 Å². The van der Waals surface area contributed by atoms with Crippen LogP contribution >= 0.6 is 11.6 Å². The highest BCUT2D eigenvalue weighted by atomic mass is 35.5. The molecule has 3 rings (SSSR count). The second-order valence-electron chi connectivity index (χ2n) is 5.66. The molecule has 0 atom stereocenters. The number of anilines is 1. The quantitative estimate of drug-likeness (QED) is 0.844. The summed E-state index contributed by atoms with van der Waals surface area (Å²) in [7, 11) is 1.92. The zero-order valence-electron chi connectivity index (χ0n) is 12.1. The van der Waals surface area contributed by atoms with Gasteiger partial charge in [-0.2, -0.15) is 0 Å². The first-order valence-electron chi connectivity index (χ1n) is 6.99. The summed E-state index contributed by atoms with van der Waals surface area (Å²) in [6.07, 6.45) is 4.41. The molecule has 0 bridgehead atoms. The molecule has 1 fully saturated rings. The molecule has 0 spiro atoms. The molecule has 22 heavy (non-hydrogen) atoms. The van der Waals surface area contributed by atoms with Gasteiger partial charge in [0.15, 0.2) is 0 Å². The lowest BCUT2D eigenvalue weighted by atomic mass is 9.62. The van der Waals surface area contributed by atoms with Gasteiger partial charge in [-0.05, 0) is 30.5 Å². The molecule has 2 heterocycles. The molecule has 2 aromatic rings. The largest absolute Gasteiger partial charge is 0.465 e. The number of hydrogen-bond donors (Lipinski definition) is 2. The first-order valence-corrected chi connectivity index (χ1v) is 7.37. The predicted octanol–water partition coefficient (Wildman–Crippen LogP) is 2.62. The van der Waals surface area contributed by atoms with Crippen molar-refractivity contribution >= 4 is 23.5 Å². The van der Waals surface area contributed by atoms with E-state index in [1.54, 1.807) is 12.4 Å². The van der Waals surface area contributed by atoms with Gasteiger partial charge in [-0.1, -0.05) is 18.0 Å². The lowest BCUT2D eigenvalue weighted by molar-refractivity contribution is 0.209. The van der Waals surface area contributed by atoms with E-state index in [9.17, 15) is 4.79 Å². The number of amides is 1. The SMILES string of the molecule is Cn1cnnc1CC1(c2cc(Cl)nc(NC(=O)O)c2)CCC1. The van der Waals surface area contributed by atoms with Gasteiger partial charge >= 0.3 is 6.09 Å². The zero-order chi connectivity index (χ0) is 15.7. The fourth-order valence-electron chi connectivity index (χ4n) is 2.92. The number of nitrogens with zero attached hydrogens (tertiary/aromatic N) is 4. The van der Waals surface area contributed by atoms with E-state index in [-0.39, 0.29) is 16.4 Å². The van der Waals surface area contributed by atoms with Crippen molar-refractivity contribution in [2.45, 2.75) is 31.1 Å². The highest BCUT2D eigenvalue weighted by Crippen LogP contribution is 2.46. The van der Waals surface area contributed by atoms with Crippen molar-refractivity contribution in [1.29, 1.82) is 0 Å². The molecule has 0 saturated heterocycles. The van der Waals surface area contributed by atoms with Crippen molar-refractivity contribution in [1.82, 2.24) is 19.7 Å². The Morgan fingerprint density at radius 2 is 2.27 bits per heavy atom. The van der Waals surface area contributed by atoms with Gasteiger partial charge in [0, 0.05) is 18.9 Å². The summed E-state index contributed by atoms with van der Waals surface area (Å²) in [4.78, 5) is 14.8. The van der Waals surface area contributed by atoms with Gasteiger partial charge in [-0.3, -0.25) is 5.32 Å². The van der Waals surface area contributed by atoms with E-state index >= 15 is 0 Å². The minimum atomic E-state index is -1.16. The average Bonchev–Trinajstić information content (AvgIpc) is 2.77.